The molecule has 2 saturated heterocycles. The fourth-order valence-corrected chi connectivity index (χ4v) is 4.35. The number of aromatic amines is 1. The van der Waals surface area contributed by atoms with Gasteiger partial charge in [-0.25, -0.2) is 14.4 Å². The highest BCUT2D eigenvalue weighted by molar-refractivity contribution is 6.03. The van der Waals surface area contributed by atoms with Crippen molar-refractivity contribution in [3.05, 3.63) is 30.6 Å². The molecule has 2 fully saturated rings. The first-order valence-electron chi connectivity index (χ1n) is 8.49. The number of aromatic nitrogens is 3. The van der Waals surface area contributed by atoms with Crippen molar-refractivity contribution in [2.75, 3.05) is 19.7 Å². The maximum absolute atomic E-state index is 13.9. The van der Waals surface area contributed by atoms with E-state index in [0.29, 0.717) is 25.5 Å². The number of halogens is 1. The van der Waals surface area contributed by atoms with Gasteiger partial charge in [-0.05, 0) is 25.5 Å². The van der Waals surface area contributed by atoms with Crippen LogP contribution in [0.3, 0.4) is 0 Å². The monoisotopic (exact) mass is 326 g/mol. The van der Waals surface area contributed by atoms with Crippen molar-refractivity contribution in [3.63, 3.8) is 0 Å². The normalized spacial score (nSPS) is 27.1. The molecule has 0 radical (unpaired) electrons. The number of fused-ring (bicyclic) bond motifs is 4. The van der Waals surface area contributed by atoms with E-state index in [2.05, 4.69) is 19.9 Å². The fraction of sp³-hybridized carbons (Fsp3) is 0.444. The number of para-hydroxylation sites is 1. The molecular weight excluding hydrogens is 307 g/mol. The minimum atomic E-state index is -0.745. The molecule has 2 aliphatic rings. The van der Waals surface area contributed by atoms with Gasteiger partial charge in [-0.15, -0.1) is 0 Å². The number of hydrogen-bond acceptors (Lipinski definition) is 4. The summed E-state index contributed by atoms with van der Waals surface area (Å²) in [6, 6.07) is 7.91. The predicted octanol–water partition coefficient (Wildman–Crippen LogP) is 3.07. The molecule has 0 aliphatic carbocycles. The SMILES string of the molecule is F[C@H]1CN2CCC[C@@]2(COc2nc3ccccc3c3nc[nH]c23)C1. The van der Waals surface area contributed by atoms with Crippen molar-refractivity contribution in [2.45, 2.75) is 31.0 Å². The quantitative estimate of drug-likeness (QED) is 0.804. The molecule has 2 atom stereocenters. The summed E-state index contributed by atoms with van der Waals surface area (Å²) < 4.78 is 20.0. The van der Waals surface area contributed by atoms with Crippen LogP contribution in [0.1, 0.15) is 19.3 Å². The molecular formula is C18H19FN4O. The molecule has 1 N–H and O–H groups in total. The zero-order valence-electron chi connectivity index (χ0n) is 13.3. The van der Waals surface area contributed by atoms with Crippen LogP contribution in [-0.2, 0) is 0 Å². The Morgan fingerprint density at radius 3 is 3.25 bits per heavy atom. The number of nitrogens with zero attached hydrogens (tertiary/aromatic N) is 3. The summed E-state index contributed by atoms with van der Waals surface area (Å²) in [6.45, 7) is 1.98. The van der Waals surface area contributed by atoms with Gasteiger partial charge in [-0.1, -0.05) is 18.2 Å². The van der Waals surface area contributed by atoms with Crippen LogP contribution in [0.25, 0.3) is 21.9 Å². The fourth-order valence-electron chi connectivity index (χ4n) is 4.35. The van der Waals surface area contributed by atoms with Gasteiger partial charge < -0.3 is 9.72 Å². The molecule has 4 heterocycles. The zero-order valence-corrected chi connectivity index (χ0v) is 13.3. The lowest BCUT2D eigenvalue weighted by molar-refractivity contribution is 0.112. The van der Waals surface area contributed by atoms with E-state index in [0.717, 1.165) is 41.3 Å². The molecule has 1 aromatic carbocycles. The summed E-state index contributed by atoms with van der Waals surface area (Å²) >= 11 is 0. The third kappa shape index (κ3) is 2.02. The number of H-pyrrole nitrogens is 1. The van der Waals surface area contributed by atoms with E-state index in [1.54, 1.807) is 6.33 Å². The van der Waals surface area contributed by atoms with E-state index in [-0.39, 0.29) is 5.54 Å². The molecule has 0 bridgehead atoms. The Hall–Kier alpha value is -2.21. The number of nitrogens with one attached hydrogen (secondary N) is 1. The highest BCUT2D eigenvalue weighted by Crippen LogP contribution is 2.40. The number of rotatable bonds is 3. The van der Waals surface area contributed by atoms with E-state index >= 15 is 0 Å². The average molecular weight is 326 g/mol. The topological polar surface area (TPSA) is 54.0 Å². The maximum atomic E-state index is 13.9. The van der Waals surface area contributed by atoms with Crippen LogP contribution in [0.4, 0.5) is 4.39 Å². The molecule has 24 heavy (non-hydrogen) atoms. The number of alkyl halides is 1. The summed E-state index contributed by atoms with van der Waals surface area (Å²) in [5.41, 5.74) is 2.37. The smallest absolute Gasteiger partial charge is 0.240 e. The van der Waals surface area contributed by atoms with Gasteiger partial charge in [-0.2, -0.15) is 0 Å². The average Bonchev–Trinajstić information content (AvgIpc) is 3.26. The first-order chi connectivity index (χ1) is 11.8. The number of imidazole rings is 1. The minimum Gasteiger partial charge on any atom is -0.474 e. The van der Waals surface area contributed by atoms with Gasteiger partial charge in [0.1, 0.15) is 23.8 Å². The summed E-state index contributed by atoms with van der Waals surface area (Å²) in [5, 5.41) is 1.01. The number of pyridine rings is 1. The van der Waals surface area contributed by atoms with Crippen molar-refractivity contribution >= 4 is 21.9 Å². The van der Waals surface area contributed by atoms with Gasteiger partial charge in [0.15, 0.2) is 0 Å². The van der Waals surface area contributed by atoms with Gasteiger partial charge >= 0.3 is 0 Å². The number of hydrogen-bond donors (Lipinski definition) is 1. The van der Waals surface area contributed by atoms with Crippen LogP contribution in [0.15, 0.2) is 30.6 Å². The zero-order chi connectivity index (χ0) is 16.1. The van der Waals surface area contributed by atoms with Crippen molar-refractivity contribution in [3.8, 4) is 5.88 Å². The van der Waals surface area contributed by atoms with Crippen LogP contribution in [0.5, 0.6) is 5.88 Å². The van der Waals surface area contributed by atoms with Crippen LogP contribution >= 0.6 is 0 Å². The van der Waals surface area contributed by atoms with Crippen molar-refractivity contribution in [1.82, 2.24) is 19.9 Å². The van der Waals surface area contributed by atoms with E-state index in [4.69, 9.17) is 4.74 Å². The van der Waals surface area contributed by atoms with Crippen molar-refractivity contribution < 1.29 is 9.13 Å². The Morgan fingerprint density at radius 2 is 2.29 bits per heavy atom. The Kier molecular flexibility index (Phi) is 3.03. The lowest BCUT2D eigenvalue weighted by Gasteiger charge is -2.31. The Labute approximate surface area is 138 Å². The molecule has 124 valence electrons. The number of benzene rings is 1. The van der Waals surface area contributed by atoms with Crippen LogP contribution in [0.2, 0.25) is 0 Å². The number of ether oxygens (including phenoxy) is 1. The van der Waals surface area contributed by atoms with Crippen LogP contribution < -0.4 is 4.74 Å². The van der Waals surface area contributed by atoms with E-state index in [1.807, 2.05) is 24.3 Å². The van der Waals surface area contributed by atoms with Gasteiger partial charge in [0.05, 0.1) is 17.4 Å². The van der Waals surface area contributed by atoms with E-state index in [1.165, 1.54) is 0 Å². The standard InChI is InChI=1S/C18H19FN4O/c19-12-8-18(6-3-7-23(18)9-12)10-24-17-16-15(20-11-21-16)13-4-1-2-5-14(13)22-17/h1-2,4-5,11-12H,3,6-10H2,(H,20,21)/t12-,18+/m1/s1. The van der Waals surface area contributed by atoms with Crippen molar-refractivity contribution in [2.24, 2.45) is 0 Å². The molecule has 0 amide bonds. The minimum absolute atomic E-state index is 0.168. The predicted molar refractivity (Wildman–Crippen MR) is 89.9 cm³/mol. The van der Waals surface area contributed by atoms with Gasteiger partial charge in [0.25, 0.3) is 0 Å². The first kappa shape index (κ1) is 14.2. The lowest BCUT2D eigenvalue weighted by atomic mass is 9.95. The second-order valence-corrected chi connectivity index (χ2v) is 6.92. The molecule has 5 nitrogen and oxygen atoms in total. The van der Waals surface area contributed by atoms with Gasteiger partial charge in [0, 0.05) is 18.4 Å². The molecule has 2 aromatic heterocycles. The largest absolute Gasteiger partial charge is 0.474 e. The second kappa shape index (κ2) is 5.14. The van der Waals surface area contributed by atoms with E-state index in [9.17, 15) is 4.39 Å². The Morgan fingerprint density at radius 1 is 1.38 bits per heavy atom. The van der Waals surface area contributed by atoms with Crippen LogP contribution in [0, 0.1) is 0 Å². The first-order valence-corrected chi connectivity index (χ1v) is 8.49. The Balaban J connectivity index is 1.51. The maximum Gasteiger partial charge on any atom is 0.240 e. The molecule has 0 unspecified atom stereocenters. The van der Waals surface area contributed by atoms with Crippen molar-refractivity contribution in [1.29, 1.82) is 0 Å². The summed E-state index contributed by atoms with van der Waals surface area (Å²) in [5.74, 6) is 0.560. The molecule has 5 rings (SSSR count). The second-order valence-electron chi connectivity index (χ2n) is 6.92. The van der Waals surface area contributed by atoms with Crippen LogP contribution in [-0.4, -0.2) is 51.3 Å². The molecule has 3 aromatic rings. The highest BCUT2D eigenvalue weighted by atomic mass is 19.1. The molecule has 0 saturated carbocycles. The van der Waals surface area contributed by atoms with Gasteiger partial charge in [0.2, 0.25) is 5.88 Å². The summed E-state index contributed by atoms with van der Waals surface area (Å²) in [6.07, 6.45) is 3.59. The highest BCUT2D eigenvalue weighted by Gasteiger charge is 2.49. The van der Waals surface area contributed by atoms with Gasteiger partial charge in [-0.3, -0.25) is 4.90 Å². The summed E-state index contributed by atoms with van der Waals surface area (Å²) in [7, 11) is 0. The molecule has 2 aliphatic heterocycles. The van der Waals surface area contributed by atoms with E-state index < -0.39 is 6.17 Å². The lowest BCUT2D eigenvalue weighted by Crippen LogP contribution is -2.43. The summed E-state index contributed by atoms with van der Waals surface area (Å²) in [4.78, 5) is 14.5. The third-order valence-electron chi connectivity index (χ3n) is 5.47. The molecule has 0 spiro atoms. The Bertz CT molecular complexity index is 910. The molecule has 6 heteroatoms. The third-order valence-corrected chi connectivity index (χ3v) is 5.47.